The number of halogens is 2. The normalized spacial score (nSPS) is 12.4. The number of benzene rings is 1. The van der Waals surface area contributed by atoms with Crippen LogP contribution in [0.25, 0.3) is 0 Å². The Morgan fingerprint density at radius 1 is 1.33 bits per heavy atom. The van der Waals surface area contributed by atoms with Crippen molar-refractivity contribution in [2.75, 3.05) is 13.7 Å². The second-order valence-corrected chi connectivity index (χ2v) is 6.60. The summed E-state index contributed by atoms with van der Waals surface area (Å²) in [5, 5.41) is 7.13. The van der Waals surface area contributed by atoms with Gasteiger partial charge in [0.2, 0.25) is 0 Å². The van der Waals surface area contributed by atoms with Gasteiger partial charge in [-0.2, -0.15) is 0 Å². The minimum absolute atomic E-state index is 0.00944. The van der Waals surface area contributed by atoms with E-state index in [-0.39, 0.29) is 6.04 Å². The Kier molecular flexibility index (Phi) is 5.94. The smallest absolute Gasteiger partial charge is 0.124 e. The molecular formula is C16H19Cl2NOS. The summed E-state index contributed by atoms with van der Waals surface area (Å²) in [6.45, 7) is 5.06. The molecule has 2 rings (SSSR count). The van der Waals surface area contributed by atoms with Crippen LogP contribution in [0.1, 0.15) is 35.4 Å². The van der Waals surface area contributed by atoms with Crippen LogP contribution in [0.15, 0.2) is 23.6 Å². The zero-order valence-corrected chi connectivity index (χ0v) is 14.7. The highest BCUT2D eigenvalue weighted by atomic mass is 35.5. The number of methoxy groups -OCH3 is 1. The molecule has 0 amide bonds. The molecule has 1 atom stereocenters. The van der Waals surface area contributed by atoms with E-state index in [4.69, 9.17) is 27.9 Å². The van der Waals surface area contributed by atoms with Gasteiger partial charge in [0.05, 0.1) is 18.2 Å². The van der Waals surface area contributed by atoms with Gasteiger partial charge in [-0.15, -0.1) is 11.3 Å². The number of rotatable bonds is 6. The third-order valence-corrected chi connectivity index (χ3v) is 5.30. The first kappa shape index (κ1) is 16.6. The maximum atomic E-state index is 6.46. The molecule has 0 aliphatic carbocycles. The number of ether oxygens (including phenoxy) is 1. The summed E-state index contributed by atoms with van der Waals surface area (Å²) in [6.07, 6.45) is 1.04. The maximum absolute atomic E-state index is 6.46. The van der Waals surface area contributed by atoms with Crippen molar-refractivity contribution < 1.29 is 4.74 Å². The molecule has 0 saturated carbocycles. The van der Waals surface area contributed by atoms with Gasteiger partial charge < -0.3 is 10.1 Å². The van der Waals surface area contributed by atoms with Crippen molar-refractivity contribution in [2.24, 2.45) is 0 Å². The van der Waals surface area contributed by atoms with Crippen LogP contribution in [0.4, 0.5) is 0 Å². The van der Waals surface area contributed by atoms with Crippen LogP contribution in [0.2, 0.25) is 10.0 Å². The third kappa shape index (κ3) is 3.72. The number of hydrogen-bond donors (Lipinski definition) is 1. The highest BCUT2D eigenvalue weighted by Gasteiger charge is 2.22. The van der Waals surface area contributed by atoms with Crippen molar-refractivity contribution in [2.45, 2.75) is 26.3 Å². The molecule has 2 aromatic rings. The predicted octanol–water partition coefficient (Wildman–Crippen LogP) is 5.46. The Morgan fingerprint density at radius 3 is 2.67 bits per heavy atom. The Hall–Kier alpha value is -0.740. The zero-order valence-electron chi connectivity index (χ0n) is 12.4. The van der Waals surface area contributed by atoms with Crippen LogP contribution >= 0.6 is 34.5 Å². The number of aryl methyl sites for hydroxylation is 1. The summed E-state index contributed by atoms with van der Waals surface area (Å²) < 4.78 is 5.49. The highest BCUT2D eigenvalue weighted by molar-refractivity contribution is 7.10. The van der Waals surface area contributed by atoms with E-state index in [0.717, 1.165) is 39.7 Å². The average Bonchev–Trinajstić information content (AvgIpc) is 2.80. The van der Waals surface area contributed by atoms with Gasteiger partial charge in [0.25, 0.3) is 0 Å². The van der Waals surface area contributed by atoms with Crippen LogP contribution in [0, 0.1) is 6.92 Å². The molecule has 0 aliphatic heterocycles. The van der Waals surface area contributed by atoms with E-state index in [1.54, 1.807) is 18.4 Å². The molecule has 0 spiro atoms. The molecule has 1 N–H and O–H groups in total. The van der Waals surface area contributed by atoms with E-state index in [9.17, 15) is 0 Å². The van der Waals surface area contributed by atoms with Crippen LogP contribution in [-0.4, -0.2) is 13.7 Å². The predicted molar refractivity (Wildman–Crippen MR) is 92.2 cm³/mol. The summed E-state index contributed by atoms with van der Waals surface area (Å²) in [5.41, 5.74) is 2.11. The van der Waals surface area contributed by atoms with Gasteiger partial charge in [0, 0.05) is 15.5 Å². The monoisotopic (exact) mass is 343 g/mol. The Labute approximate surface area is 140 Å². The van der Waals surface area contributed by atoms with Crippen molar-refractivity contribution in [3.05, 3.63) is 49.6 Å². The van der Waals surface area contributed by atoms with Crippen LogP contribution in [0.3, 0.4) is 0 Å². The van der Waals surface area contributed by atoms with Gasteiger partial charge in [0.1, 0.15) is 5.75 Å². The molecule has 2 nitrogen and oxygen atoms in total. The molecule has 1 aromatic carbocycles. The van der Waals surface area contributed by atoms with Gasteiger partial charge in [-0.25, -0.2) is 0 Å². The first-order valence-corrected chi connectivity index (χ1v) is 8.52. The number of nitrogens with one attached hydrogen (secondary N) is 1. The summed E-state index contributed by atoms with van der Waals surface area (Å²) in [6, 6.07) is 5.66. The SMILES string of the molecule is CCCNC(c1cc(Cl)ccc1OC)c1scc(C)c1Cl. The van der Waals surface area contributed by atoms with Crippen LogP contribution in [0.5, 0.6) is 5.75 Å². The molecule has 21 heavy (non-hydrogen) atoms. The summed E-state index contributed by atoms with van der Waals surface area (Å²) in [5.74, 6) is 0.815. The van der Waals surface area contributed by atoms with E-state index >= 15 is 0 Å². The van der Waals surface area contributed by atoms with E-state index in [1.165, 1.54) is 0 Å². The van der Waals surface area contributed by atoms with Gasteiger partial charge in [0.15, 0.2) is 0 Å². The van der Waals surface area contributed by atoms with Crippen molar-refractivity contribution in [1.82, 2.24) is 5.32 Å². The topological polar surface area (TPSA) is 21.3 Å². The minimum atomic E-state index is -0.00944. The van der Waals surface area contributed by atoms with Gasteiger partial charge in [-0.3, -0.25) is 0 Å². The summed E-state index contributed by atoms with van der Waals surface area (Å²) in [7, 11) is 1.67. The Balaban J connectivity index is 2.50. The third-order valence-electron chi connectivity index (χ3n) is 3.29. The Morgan fingerprint density at radius 2 is 2.10 bits per heavy atom. The molecule has 1 heterocycles. The van der Waals surface area contributed by atoms with E-state index in [0.29, 0.717) is 5.02 Å². The van der Waals surface area contributed by atoms with Crippen molar-refractivity contribution in [3.63, 3.8) is 0 Å². The molecule has 0 bridgehead atoms. The fraction of sp³-hybridized carbons (Fsp3) is 0.375. The minimum Gasteiger partial charge on any atom is -0.496 e. The van der Waals surface area contributed by atoms with Crippen LogP contribution in [-0.2, 0) is 0 Å². The first-order valence-electron chi connectivity index (χ1n) is 6.88. The van der Waals surface area contributed by atoms with E-state index in [1.807, 2.05) is 25.1 Å². The van der Waals surface area contributed by atoms with E-state index < -0.39 is 0 Å². The summed E-state index contributed by atoms with van der Waals surface area (Å²) >= 11 is 14.3. The molecule has 0 saturated heterocycles. The molecule has 0 fully saturated rings. The largest absolute Gasteiger partial charge is 0.496 e. The van der Waals surface area contributed by atoms with Crippen molar-refractivity contribution in [3.8, 4) is 5.75 Å². The first-order chi connectivity index (χ1) is 10.1. The molecule has 5 heteroatoms. The Bertz CT molecular complexity index is 612. The zero-order chi connectivity index (χ0) is 15.4. The lowest BCUT2D eigenvalue weighted by atomic mass is 10.0. The second-order valence-electron chi connectivity index (χ2n) is 4.87. The maximum Gasteiger partial charge on any atom is 0.124 e. The summed E-state index contributed by atoms with van der Waals surface area (Å²) in [4.78, 5) is 1.10. The fourth-order valence-corrected chi connectivity index (χ4v) is 3.78. The lowest BCUT2D eigenvalue weighted by molar-refractivity contribution is 0.404. The molecule has 114 valence electrons. The second kappa shape index (κ2) is 7.50. The molecule has 1 unspecified atom stereocenters. The fourth-order valence-electron chi connectivity index (χ4n) is 2.21. The van der Waals surface area contributed by atoms with E-state index in [2.05, 4.69) is 17.6 Å². The molecular weight excluding hydrogens is 325 g/mol. The van der Waals surface area contributed by atoms with Gasteiger partial charge in [-0.05, 0) is 49.0 Å². The molecule has 0 aliphatic rings. The van der Waals surface area contributed by atoms with Crippen molar-refractivity contribution >= 4 is 34.5 Å². The van der Waals surface area contributed by atoms with Crippen molar-refractivity contribution in [1.29, 1.82) is 0 Å². The lowest BCUT2D eigenvalue weighted by Crippen LogP contribution is -2.23. The highest BCUT2D eigenvalue weighted by Crippen LogP contribution is 2.39. The lowest BCUT2D eigenvalue weighted by Gasteiger charge is -2.21. The van der Waals surface area contributed by atoms with Gasteiger partial charge in [-0.1, -0.05) is 30.1 Å². The average molecular weight is 344 g/mol. The molecule has 1 aromatic heterocycles. The van der Waals surface area contributed by atoms with Gasteiger partial charge >= 0.3 is 0 Å². The number of hydrogen-bond acceptors (Lipinski definition) is 3. The quantitative estimate of drug-likeness (QED) is 0.751. The standard InChI is InChI=1S/C16H19Cl2NOS/c1-4-7-19-15(16-14(18)10(2)9-21-16)12-8-11(17)5-6-13(12)20-3/h5-6,8-9,15,19H,4,7H2,1-3H3. The molecule has 0 radical (unpaired) electrons. The number of thiophene rings is 1. The van der Waals surface area contributed by atoms with Crippen LogP contribution < -0.4 is 10.1 Å².